The summed E-state index contributed by atoms with van der Waals surface area (Å²) in [5, 5.41) is 9.49. The fourth-order valence-corrected chi connectivity index (χ4v) is 4.18. The fraction of sp³-hybridized carbons (Fsp3) is 0.160. The Kier molecular flexibility index (Phi) is 5.53. The van der Waals surface area contributed by atoms with Gasteiger partial charge in [-0.05, 0) is 53.4 Å². The van der Waals surface area contributed by atoms with Crippen molar-refractivity contribution in [2.75, 3.05) is 16.8 Å². The lowest BCUT2D eigenvalue weighted by molar-refractivity contribution is -0.137. The summed E-state index contributed by atoms with van der Waals surface area (Å²) in [4.78, 5) is 19.5. The number of carbonyl (C=O) groups is 1. The van der Waals surface area contributed by atoms with Crippen molar-refractivity contribution in [1.29, 1.82) is 0 Å². The standard InChI is InChI=1S/C25H20F3N5O/c26-25(27,28)18-6-8-20(16-4-2-1-3-5-16)21(13-18)24(34)31-19-7-9-22-17(12-19)10-11-33(22)14-23-29-15-30-32-23/h1-9,12-13,15H,10-11,14H2,(H,31,34)(H,29,30,32). The molecule has 5 rings (SSSR count). The summed E-state index contributed by atoms with van der Waals surface area (Å²) in [7, 11) is 0. The highest BCUT2D eigenvalue weighted by Crippen LogP contribution is 2.35. The Balaban J connectivity index is 1.42. The number of halogens is 3. The number of anilines is 2. The molecule has 9 heteroatoms. The number of hydrogen-bond acceptors (Lipinski definition) is 4. The van der Waals surface area contributed by atoms with Crippen LogP contribution in [-0.4, -0.2) is 27.6 Å². The Labute approximate surface area is 193 Å². The summed E-state index contributed by atoms with van der Waals surface area (Å²) < 4.78 is 40.1. The molecule has 2 heterocycles. The van der Waals surface area contributed by atoms with Crippen molar-refractivity contribution >= 4 is 17.3 Å². The summed E-state index contributed by atoms with van der Waals surface area (Å²) in [5.41, 5.74) is 2.80. The molecule has 172 valence electrons. The van der Waals surface area contributed by atoms with Gasteiger partial charge in [-0.25, -0.2) is 4.98 Å². The highest BCUT2D eigenvalue weighted by Gasteiger charge is 2.32. The molecule has 2 N–H and O–H groups in total. The molecular weight excluding hydrogens is 443 g/mol. The lowest BCUT2D eigenvalue weighted by Crippen LogP contribution is -2.20. The molecule has 1 aliphatic heterocycles. The first-order valence-corrected chi connectivity index (χ1v) is 10.7. The lowest BCUT2D eigenvalue weighted by atomic mass is 9.96. The van der Waals surface area contributed by atoms with E-state index >= 15 is 0 Å². The van der Waals surface area contributed by atoms with E-state index in [0.717, 1.165) is 42.2 Å². The maximum absolute atomic E-state index is 13.4. The van der Waals surface area contributed by atoms with Crippen molar-refractivity contribution in [2.24, 2.45) is 0 Å². The van der Waals surface area contributed by atoms with Gasteiger partial charge in [0, 0.05) is 23.5 Å². The maximum Gasteiger partial charge on any atom is 0.416 e. The molecule has 34 heavy (non-hydrogen) atoms. The Morgan fingerprint density at radius 1 is 1.06 bits per heavy atom. The number of hydrogen-bond donors (Lipinski definition) is 2. The molecule has 0 radical (unpaired) electrons. The van der Waals surface area contributed by atoms with Crippen LogP contribution in [0.3, 0.4) is 0 Å². The number of benzene rings is 3. The molecule has 0 spiro atoms. The van der Waals surface area contributed by atoms with E-state index in [-0.39, 0.29) is 5.56 Å². The van der Waals surface area contributed by atoms with E-state index in [1.54, 1.807) is 30.3 Å². The number of rotatable bonds is 5. The van der Waals surface area contributed by atoms with E-state index in [9.17, 15) is 18.0 Å². The highest BCUT2D eigenvalue weighted by atomic mass is 19.4. The largest absolute Gasteiger partial charge is 0.416 e. The van der Waals surface area contributed by atoms with Crippen molar-refractivity contribution in [3.8, 4) is 11.1 Å². The van der Waals surface area contributed by atoms with Crippen LogP contribution in [0.2, 0.25) is 0 Å². The van der Waals surface area contributed by atoms with Crippen LogP contribution >= 0.6 is 0 Å². The molecular formula is C25H20F3N5O. The third-order valence-electron chi connectivity index (χ3n) is 5.81. The van der Waals surface area contributed by atoms with Crippen LogP contribution in [0.5, 0.6) is 0 Å². The van der Waals surface area contributed by atoms with Crippen LogP contribution in [0.15, 0.2) is 73.1 Å². The van der Waals surface area contributed by atoms with Crippen molar-refractivity contribution in [3.63, 3.8) is 0 Å². The quantitative estimate of drug-likeness (QED) is 0.421. The molecule has 0 fully saturated rings. The predicted molar refractivity (Wildman–Crippen MR) is 122 cm³/mol. The number of alkyl halides is 3. The van der Waals surface area contributed by atoms with Gasteiger partial charge in [-0.1, -0.05) is 36.4 Å². The van der Waals surface area contributed by atoms with Gasteiger partial charge in [0.15, 0.2) is 0 Å². The van der Waals surface area contributed by atoms with Gasteiger partial charge < -0.3 is 10.2 Å². The molecule has 0 saturated carbocycles. The predicted octanol–water partition coefficient (Wildman–Crippen LogP) is 5.31. The second-order valence-electron chi connectivity index (χ2n) is 8.03. The third-order valence-corrected chi connectivity index (χ3v) is 5.81. The third kappa shape index (κ3) is 4.36. The van der Waals surface area contributed by atoms with Gasteiger partial charge in [0.05, 0.1) is 12.1 Å². The second kappa shape index (κ2) is 8.66. The zero-order valence-electron chi connectivity index (χ0n) is 17.9. The molecule has 1 aromatic heterocycles. The average Bonchev–Trinajstić information content (AvgIpc) is 3.49. The minimum Gasteiger partial charge on any atom is -0.363 e. The molecule has 0 atom stereocenters. The van der Waals surface area contributed by atoms with Crippen LogP contribution in [0.25, 0.3) is 11.1 Å². The van der Waals surface area contributed by atoms with Crippen LogP contribution in [0, 0.1) is 0 Å². The number of aromatic amines is 1. The van der Waals surface area contributed by atoms with Crippen LogP contribution in [0.1, 0.15) is 27.3 Å². The minimum atomic E-state index is -4.55. The van der Waals surface area contributed by atoms with Gasteiger partial charge >= 0.3 is 6.18 Å². The van der Waals surface area contributed by atoms with Crippen molar-refractivity contribution in [2.45, 2.75) is 19.1 Å². The number of nitrogens with zero attached hydrogens (tertiary/aromatic N) is 3. The molecule has 0 aliphatic carbocycles. The number of amides is 1. The highest BCUT2D eigenvalue weighted by molar-refractivity contribution is 6.09. The molecule has 0 unspecified atom stereocenters. The Morgan fingerprint density at radius 3 is 2.62 bits per heavy atom. The summed E-state index contributed by atoms with van der Waals surface area (Å²) in [6, 6.07) is 17.7. The first kappa shape index (κ1) is 21.7. The molecule has 0 bridgehead atoms. The molecule has 6 nitrogen and oxygen atoms in total. The minimum absolute atomic E-state index is 0.0338. The number of fused-ring (bicyclic) bond motifs is 1. The van der Waals surface area contributed by atoms with E-state index in [1.807, 2.05) is 18.2 Å². The van der Waals surface area contributed by atoms with Crippen LogP contribution < -0.4 is 10.2 Å². The van der Waals surface area contributed by atoms with E-state index in [2.05, 4.69) is 25.4 Å². The van der Waals surface area contributed by atoms with Crippen LogP contribution in [-0.2, 0) is 19.1 Å². The van der Waals surface area contributed by atoms with Crippen LogP contribution in [0.4, 0.5) is 24.5 Å². The van der Waals surface area contributed by atoms with Gasteiger partial charge in [-0.2, -0.15) is 18.3 Å². The molecule has 1 amide bonds. The number of nitrogens with one attached hydrogen (secondary N) is 2. The topological polar surface area (TPSA) is 73.9 Å². The first-order valence-electron chi connectivity index (χ1n) is 10.7. The number of carbonyl (C=O) groups excluding carboxylic acids is 1. The smallest absolute Gasteiger partial charge is 0.363 e. The molecule has 0 saturated heterocycles. The summed E-state index contributed by atoms with van der Waals surface area (Å²) >= 11 is 0. The van der Waals surface area contributed by atoms with Crippen molar-refractivity contribution in [3.05, 3.63) is 95.6 Å². The van der Waals surface area contributed by atoms with E-state index in [0.29, 0.717) is 23.4 Å². The molecule has 3 aromatic carbocycles. The van der Waals surface area contributed by atoms with Crippen molar-refractivity contribution in [1.82, 2.24) is 15.2 Å². The van der Waals surface area contributed by atoms with E-state index in [4.69, 9.17) is 0 Å². The zero-order chi connectivity index (χ0) is 23.7. The molecule has 1 aliphatic rings. The van der Waals surface area contributed by atoms with Gasteiger partial charge in [-0.15, -0.1) is 0 Å². The number of H-pyrrole nitrogens is 1. The fourth-order valence-electron chi connectivity index (χ4n) is 4.18. The Bertz CT molecular complexity index is 1320. The van der Waals surface area contributed by atoms with Gasteiger partial charge in [0.25, 0.3) is 5.91 Å². The average molecular weight is 463 g/mol. The van der Waals surface area contributed by atoms with Gasteiger partial charge in [0.2, 0.25) is 0 Å². The SMILES string of the molecule is O=C(Nc1ccc2c(c1)CCN2Cc1ncn[nH]1)c1cc(C(F)(F)F)ccc1-c1ccccc1. The summed E-state index contributed by atoms with van der Waals surface area (Å²) in [5.74, 6) is 0.157. The molecule has 4 aromatic rings. The van der Waals surface area contributed by atoms with Crippen molar-refractivity contribution < 1.29 is 18.0 Å². The maximum atomic E-state index is 13.4. The van der Waals surface area contributed by atoms with Gasteiger partial charge in [0.1, 0.15) is 12.2 Å². The monoisotopic (exact) mass is 463 g/mol. The first-order chi connectivity index (χ1) is 16.4. The normalized spacial score (nSPS) is 13.1. The Hall–Kier alpha value is -4.14. The van der Waals surface area contributed by atoms with Gasteiger partial charge in [-0.3, -0.25) is 9.89 Å². The van der Waals surface area contributed by atoms with E-state index < -0.39 is 17.6 Å². The summed E-state index contributed by atoms with van der Waals surface area (Å²) in [6.07, 6.45) is -2.31. The lowest BCUT2D eigenvalue weighted by Gasteiger charge is -2.18. The summed E-state index contributed by atoms with van der Waals surface area (Å²) in [6.45, 7) is 1.38. The second-order valence-corrected chi connectivity index (χ2v) is 8.03. The number of aromatic nitrogens is 3. The van der Waals surface area contributed by atoms with E-state index in [1.165, 1.54) is 12.4 Å². The Morgan fingerprint density at radius 2 is 1.88 bits per heavy atom. The zero-order valence-corrected chi connectivity index (χ0v) is 17.9.